The standard InChI is InChI=1S/C24H27N3O6S/c1-3-14-32-19-12-10-18(11-13-19)27(34(2,30)31)17-23(28)26-22-9-5-4-8-21(22)24(29)25-16-20-7-6-15-33-20/h4-13,15H,3,14,16-17H2,1-2H3,(H,25,29)(H,26,28). The van der Waals surface area contributed by atoms with Crippen LogP contribution in [0.5, 0.6) is 5.75 Å². The van der Waals surface area contributed by atoms with Crippen molar-refractivity contribution in [1.29, 1.82) is 0 Å². The van der Waals surface area contributed by atoms with Gasteiger partial charge in [-0.3, -0.25) is 13.9 Å². The summed E-state index contributed by atoms with van der Waals surface area (Å²) >= 11 is 0. The predicted molar refractivity (Wildman–Crippen MR) is 129 cm³/mol. The van der Waals surface area contributed by atoms with Gasteiger partial charge < -0.3 is 19.8 Å². The van der Waals surface area contributed by atoms with Crippen molar-refractivity contribution in [3.05, 3.63) is 78.3 Å². The van der Waals surface area contributed by atoms with Gasteiger partial charge in [-0.15, -0.1) is 0 Å². The minimum Gasteiger partial charge on any atom is -0.494 e. The molecule has 0 saturated carbocycles. The maximum absolute atomic E-state index is 12.8. The van der Waals surface area contributed by atoms with E-state index in [4.69, 9.17) is 9.15 Å². The second-order valence-electron chi connectivity index (χ2n) is 7.47. The van der Waals surface area contributed by atoms with Gasteiger partial charge in [0.2, 0.25) is 15.9 Å². The molecule has 0 radical (unpaired) electrons. The van der Waals surface area contributed by atoms with E-state index in [1.54, 1.807) is 60.7 Å². The van der Waals surface area contributed by atoms with Crippen molar-refractivity contribution in [3.8, 4) is 5.75 Å². The summed E-state index contributed by atoms with van der Waals surface area (Å²) in [5, 5.41) is 5.37. The molecule has 9 nitrogen and oxygen atoms in total. The number of hydrogen-bond donors (Lipinski definition) is 2. The fourth-order valence-corrected chi connectivity index (χ4v) is 3.97. The fraction of sp³-hybridized carbons (Fsp3) is 0.250. The van der Waals surface area contributed by atoms with Crippen LogP contribution in [0.1, 0.15) is 29.5 Å². The monoisotopic (exact) mass is 485 g/mol. The first kappa shape index (κ1) is 24.8. The van der Waals surface area contributed by atoms with Crippen LogP contribution in [0.4, 0.5) is 11.4 Å². The molecule has 0 saturated heterocycles. The van der Waals surface area contributed by atoms with Crippen molar-refractivity contribution in [2.24, 2.45) is 0 Å². The molecule has 0 aliphatic rings. The van der Waals surface area contributed by atoms with E-state index >= 15 is 0 Å². The van der Waals surface area contributed by atoms with Gasteiger partial charge >= 0.3 is 0 Å². The van der Waals surface area contributed by atoms with Gasteiger partial charge in [0.15, 0.2) is 0 Å². The van der Waals surface area contributed by atoms with Crippen molar-refractivity contribution in [3.63, 3.8) is 0 Å². The molecule has 0 atom stereocenters. The zero-order valence-corrected chi connectivity index (χ0v) is 19.8. The van der Waals surface area contributed by atoms with E-state index < -0.39 is 28.4 Å². The predicted octanol–water partition coefficient (Wildman–Crippen LogP) is 3.40. The van der Waals surface area contributed by atoms with Gasteiger partial charge in [-0.2, -0.15) is 0 Å². The molecular weight excluding hydrogens is 458 g/mol. The number of furan rings is 1. The third-order valence-corrected chi connectivity index (χ3v) is 5.87. The van der Waals surface area contributed by atoms with Crippen molar-refractivity contribution < 1.29 is 27.2 Å². The minimum atomic E-state index is -3.75. The Bertz CT molecular complexity index is 1210. The molecular formula is C24H27N3O6S. The van der Waals surface area contributed by atoms with Crippen molar-refractivity contribution in [2.75, 3.05) is 29.0 Å². The van der Waals surface area contributed by atoms with Crippen LogP contribution in [0.3, 0.4) is 0 Å². The smallest absolute Gasteiger partial charge is 0.253 e. The number of anilines is 2. The summed E-state index contributed by atoms with van der Waals surface area (Å²) in [4.78, 5) is 25.4. The lowest BCUT2D eigenvalue weighted by Crippen LogP contribution is -2.37. The molecule has 0 spiro atoms. The summed E-state index contributed by atoms with van der Waals surface area (Å²) in [7, 11) is -3.75. The maximum Gasteiger partial charge on any atom is 0.253 e. The SMILES string of the molecule is CCCOc1ccc(N(CC(=O)Nc2ccccc2C(=O)NCc2ccco2)S(C)(=O)=O)cc1. The summed E-state index contributed by atoms with van der Waals surface area (Å²) in [5.41, 5.74) is 0.831. The highest BCUT2D eigenvalue weighted by Crippen LogP contribution is 2.22. The van der Waals surface area contributed by atoms with E-state index in [1.165, 1.54) is 6.26 Å². The topological polar surface area (TPSA) is 118 Å². The number of hydrogen-bond acceptors (Lipinski definition) is 6. The van der Waals surface area contributed by atoms with Crippen LogP contribution < -0.4 is 19.7 Å². The van der Waals surface area contributed by atoms with Gasteiger partial charge in [-0.05, 0) is 55.0 Å². The van der Waals surface area contributed by atoms with E-state index in [0.717, 1.165) is 17.0 Å². The summed E-state index contributed by atoms with van der Waals surface area (Å²) < 4.78 is 36.5. The first-order valence-corrected chi connectivity index (χ1v) is 12.5. The van der Waals surface area contributed by atoms with E-state index in [9.17, 15) is 18.0 Å². The van der Waals surface area contributed by atoms with Crippen LogP contribution in [-0.2, 0) is 21.4 Å². The molecule has 1 aromatic heterocycles. The second kappa shape index (κ2) is 11.4. The number of ether oxygens (including phenoxy) is 1. The number of sulfonamides is 1. The van der Waals surface area contributed by atoms with Crippen LogP contribution >= 0.6 is 0 Å². The van der Waals surface area contributed by atoms with Crippen LogP contribution in [0, 0.1) is 0 Å². The highest BCUT2D eigenvalue weighted by molar-refractivity contribution is 7.92. The van der Waals surface area contributed by atoms with Crippen molar-refractivity contribution in [2.45, 2.75) is 19.9 Å². The van der Waals surface area contributed by atoms with Crippen LogP contribution in [0.25, 0.3) is 0 Å². The molecule has 2 amide bonds. The fourth-order valence-electron chi connectivity index (χ4n) is 3.11. The Kier molecular flexibility index (Phi) is 8.31. The van der Waals surface area contributed by atoms with Crippen LogP contribution in [0.15, 0.2) is 71.3 Å². The Labute approximate surface area is 198 Å². The number of rotatable bonds is 11. The zero-order chi connectivity index (χ0) is 24.6. The normalized spacial score (nSPS) is 11.0. The molecule has 10 heteroatoms. The second-order valence-corrected chi connectivity index (χ2v) is 9.37. The molecule has 2 N–H and O–H groups in total. The summed E-state index contributed by atoms with van der Waals surface area (Å²) in [6.45, 7) is 2.26. The molecule has 0 fully saturated rings. The zero-order valence-electron chi connectivity index (χ0n) is 19.0. The maximum atomic E-state index is 12.8. The number of carbonyl (C=O) groups excluding carboxylic acids is 2. The van der Waals surface area contributed by atoms with Gasteiger partial charge in [0.05, 0.1) is 42.6 Å². The first-order valence-electron chi connectivity index (χ1n) is 10.7. The summed E-state index contributed by atoms with van der Waals surface area (Å²) in [6.07, 6.45) is 3.38. The van der Waals surface area contributed by atoms with Gasteiger partial charge in [0, 0.05) is 0 Å². The largest absolute Gasteiger partial charge is 0.494 e. The van der Waals surface area contributed by atoms with Crippen LogP contribution in [0.2, 0.25) is 0 Å². The van der Waals surface area contributed by atoms with E-state index in [0.29, 0.717) is 23.8 Å². The molecule has 180 valence electrons. The van der Waals surface area contributed by atoms with Gasteiger partial charge in [-0.1, -0.05) is 19.1 Å². The van der Waals surface area contributed by atoms with Crippen molar-refractivity contribution >= 4 is 33.2 Å². The summed E-state index contributed by atoms with van der Waals surface area (Å²) in [5.74, 6) is 0.195. The summed E-state index contributed by atoms with van der Waals surface area (Å²) in [6, 6.07) is 16.4. The molecule has 3 rings (SSSR count). The Morgan fingerprint density at radius 1 is 1.03 bits per heavy atom. The highest BCUT2D eigenvalue weighted by atomic mass is 32.2. The molecule has 2 aromatic carbocycles. The molecule has 0 aliphatic carbocycles. The number of benzene rings is 2. The molecule has 3 aromatic rings. The molecule has 34 heavy (non-hydrogen) atoms. The minimum absolute atomic E-state index is 0.188. The average Bonchev–Trinajstić information content (AvgIpc) is 3.33. The van der Waals surface area contributed by atoms with Gasteiger partial charge in [0.1, 0.15) is 18.1 Å². The van der Waals surface area contributed by atoms with Gasteiger partial charge in [-0.25, -0.2) is 8.42 Å². The number of nitrogens with one attached hydrogen (secondary N) is 2. The Morgan fingerprint density at radius 2 is 1.76 bits per heavy atom. The Balaban J connectivity index is 1.71. The van der Waals surface area contributed by atoms with Gasteiger partial charge in [0.25, 0.3) is 5.91 Å². The molecule has 0 unspecified atom stereocenters. The van der Waals surface area contributed by atoms with E-state index in [2.05, 4.69) is 10.6 Å². The average molecular weight is 486 g/mol. The molecule has 0 aliphatic heterocycles. The lowest BCUT2D eigenvalue weighted by molar-refractivity contribution is -0.114. The lowest BCUT2D eigenvalue weighted by Gasteiger charge is -2.22. The number of carbonyl (C=O) groups is 2. The van der Waals surface area contributed by atoms with E-state index in [1.807, 2.05) is 6.92 Å². The lowest BCUT2D eigenvalue weighted by atomic mass is 10.1. The first-order chi connectivity index (χ1) is 16.3. The van der Waals surface area contributed by atoms with Crippen molar-refractivity contribution in [1.82, 2.24) is 5.32 Å². The Morgan fingerprint density at radius 3 is 2.41 bits per heavy atom. The third-order valence-electron chi connectivity index (χ3n) is 4.73. The third kappa shape index (κ3) is 6.85. The molecule has 0 bridgehead atoms. The number of nitrogens with zero attached hydrogens (tertiary/aromatic N) is 1. The number of amides is 2. The molecule has 1 heterocycles. The quantitative estimate of drug-likeness (QED) is 0.430. The van der Waals surface area contributed by atoms with Crippen LogP contribution in [-0.4, -0.2) is 39.6 Å². The number of para-hydroxylation sites is 1. The van der Waals surface area contributed by atoms with E-state index in [-0.39, 0.29) is 17.8 Å². The highest BCUT2D eigenvalue weighted by Gasteiger charge is 2.22. The Hall–Kier alpha value is -3.79.